The third-order valence-electron chi connectivity index (χ3n) is 2.85. The zero-order valence-electron chi connectivity index (χ0n) is 9.76. The van der Waals surface area contributed by atoms with Gasteiger partial charge in [-0.15, -0.1) is 0 Å². The fourth-order valence-corrected chi connectivity index (χ4v) is 2.03. The summed E-state index contributed by atoms with van der Waals surface area (Å²) < 4.78 is 1.81. The molecule has 5 nitrogen and oxygen atoms in total. The van der Waals surface area contributed by atoms with Crippen molar-refractivity contribution in [2.24, 2.45) is 0 Å². The lowest BCUT2D eigenvalue weighted by Gasteiger charge is -2.29. The first kappa shape index (κ1) is 11.6. The lowest BCUT2D eigenvalue weighted by atomic mass is 10.3. The Bertz CT molecular complexity index is 320. The summed E-state index contributed by atoms with van der Waals surface area (Å²) in [6.45, 7) is 7.36. The zero-order valence-corrected chi connectivity index (χ0v) is 9.76. The van der Waals surface area contributed by atoms with Crippen LogP contribution in [0, 0.1) is 6.92 Å². The van der Waals surface area contributed by atoms with Gasteiger partial charge in [-0.05, 0) is 13.0 Å². The monoisotopic (exact) mass is 224 g/mol. The van der Waals surface area contributed by atoms with E-state index in [-0.39, 0.29) is 6.10 Å². The molecule has 5 heteroatoms. The summed E-state index contributed by atoms with van der Waals surface area (Å²) in [5, 5.41) is 17.5. The highest BCUT2D eigenvalue weighted by atomic mass is 16.3. The van der Waals surface area contributed by atoms with Crippen LogP contribution in [0.2, 0.25) is 0 Å². The van der Waals surface area contributed by atoms with Crippen molar-refractivity contribution in [3.63, 3.8) is 0 Å². The fraction of sp³-hybridized carbons (Fsp3) is 0.727. The molecule has 0 aromatic carbocycles. The quantitative estimate of drug-likeness (QED) is 0.721. The molecule has 2 heterocycles. The number of nitrogens with zero attached hydrogens (tertiary/aromatic N) is 3. The van der Waals surface area contributed by atoms with E-state index in [1.807, 2.05) is 23.9 Å². The molecule has 1 aromatic heterocycles. The summed E-state index contributed by atoms with van der Waals surface area (Å²) in [6, 6.07) is 1.96. The van der Waals surface area contributed by atoms with Crippen LogP contribution in [0.1, 0.15) is 5.69 Å². The number of β-amino-alcohol motifs (C(OH)–C–C–N with tert-alkyl or cyclic N) is 1. The van der Waals surface area contributed by atoms with Crippen LogP contribution >= 0.6 is 0 Å². The first-order chi connectivity index (χ1) is 7.74. The topological polar surface area (TPSA) is 53.3 Å². The molecule has 0 saturated carbocycles. The first-order valence-corrected chi connectivity index (χ1v) is 5.85. The molecular formula is C11H20N4O. The van der Waals surface area contributed by atoms with Crippen molar-refractivity contribution in [1.82, 2.24) is 20.0 Å². The van der Waals surface area contributed by atoms with E-state index in [1.54, 1.807) is 0 Å². The molecule has 1 fully saturated rings. The average Bonchev–Trinajstić information content (AvgIpc) is 2.65. The van der Waals surface area contributed by atoms with Crippen molar-refractivity contribution < 1.29 is 5.11 Å². The van der Waals surface area contributed by atoms with Crippen LogP contribution in [0.5, 0.6) is 0 Å². The molecule has 0 radical (unpaired) electrons. The highest BCUT2D eigenvalue weighted by Gasteiger charge is 2.14. The Hall–Kier alpha value is -0.910. The van der Waals surface area contributed by atoms with Gasteiger partial charge in [0.05, 0.1) is 18.3 Å². The van der Waals surface area contributed by atoms with Gasteiger partial charge in [0.15, 0.2) is 0 Å². The number of nitrogens with one attached hydrogen (secondary N) is 1. The number of hydrogen-bond acceptors (Lipinski definition) is 4. The van der Waals surface area contributed by atoms with Crippen molar-refractivity contribution in [3.8, 4) is 0 Å². The Morgan fingerprint density at radius 2 is 2.19 bits per heavy atom. The summed E-state index contributed by atoms with van der Waals surface area (Å²) >= 11 is 0. The second kappa shape index (κ2) is 5.43. The maximum atomic E-state index is 9.94. The molecular weight excluding hydrogens is 204 g/mol. The molecule has 0 amide bonds. The molecule has 16 heavy (non-hydrogen) atoms. The van der Waals surface area contributed by atoms with Crippen LogP contribution in [0.3, 0.4) is 0 Å². The summed E-state index contributed by atoms with van der Waals surface area (Å²) in [7, 11) is 0. The predicted octanol–water partition coefficient (Wildman–Crippen LogP) is -0.542. The van der Waals surface area contributed by atoms with Gasteiger partial charge >= 0.3 is 0 Å². The van der Waals surface area contributed by atoms with Crippen LogP contribution in [-0.4, -0.2) is 58.6 Å². The third kappa shape index (κ3) is 3.30. The minimum absolute atomic E-state index is 0.336. The molecule has 1 saturated heterocycles. The van der Waals surface area contributed by atoms with Crippen molar-refractivity contribution >= 4 is 0 Å². The van der Waals surface area contributed by atoms with E-state index in [0.29, 0.717) is 6.54 Å². The predicted molar refractivity (Wildman–Crippen MR) is 62.3 cm³/mol. The molecule has 1 aliphatic heterocycles. The number of hydrogen-bond donors (Lipinski definition) is 2. The number of aliphatic hydroxyl groups excluding tert-OH is 1. The van der Waals surface area contributed by atoms with Gasteiger partial charge in [0.1, 0.15) is 0 Å². The lowest BCUT2D eigenvalue weighted by molar-refractivity contribution is 0.0889. The molecule has 2 N–H and O–H groups in total. The maximum absolute atomic E-state index is 9.94. The molecule has 1 aromatic rings. The van der Waals surface area contributed by atoms with Crippen molar-refractivity contribution in [3.05, 3.63) is 18.0 Å². The smallest absolute Gasteiger partial charge is 0.0862 e. The van der Waals surface area contributed by atoms with Crippen LogP contribution in [0.15, 0.2) is 12.3 Å². The Labute approximate surface area is 96.1 Å². The zero-order chi connectivity index (χ0) is 11.4. The van der Waals surface area contributed by atoms with Gasteiger partial charge in [0.2, 0.25) is 0 Å². The van der Waals surface area contributed by atoms with Gasteiger partial charge in [-0.3, -0.25) is 9.58 Å². The highest BCUT2D eigenvalue weighted by molar-refractivity contribution is 4.94. The molecule has 0 bridgehead atoms. The number of aliphatic hydroxyl groups is 1. The van der Waals surface area contributed by atoms with E-state index < -0.39 is 0 Å². The molecule has 1 unspecified atom stereocenters. The largest absolute Gasteiger partial charge is 0.390 e. The molecule has 90 valence electrons. The Morgan fingerprint density at radius 3 is 2.81 bits per heavy atom. The van der Waals surface area contributed by atoms with E-state index >= 15 is 0 Å². The Kier molecular flexibility index (Phi) is 3.93. The van der Waals surface area contributed by atoms with Crippen molar-refractivity contribution in [2.75, 3.05) is 32.7 Å². The van der Waals surface area contributed by atoms with Crippen LogP contribution < -0.4 is 5.32 Å². The molecule has 2 rings (SSSR count). The van der Waals surface area contributed by atoms with Crippen molar-refractivity contribution in [1.29, 1.82) is 0 Å². The Morgan fingerprint density at radius 1 is 1.44 bits per heavy atom. The lowest BCUT2D eigenvalue weighted by Crippen LogP contribution is -2.46. The standard InChI is InChI=1S/C11H20N4O/c1-10-2-5-15(13-10)9-11(16)8-14-6-3-12-4-7-14/h2,5,11-12,16H,3-4,6-9H2,1H3. The van der Waals surface area contributed by atoms with Gasteiger partial charge in [0, 0.05) is 38.9 Å². The summed E-state index contributed by atoms with van der Waals surface area (Å²) in [6.07, 6.45) is 1.58. The number of aryl methyl sites for hydroxylation is 1. The average molecular weight is 224 g/mol. The summed E-state index contributed by atoms with van der Waals surface area (Å²) in [5.41, 5.74) is 0.995. The maximum Gasteiger partial charge on any atom is 0.0862 e. The Balaban J connectivity index is 1.77. The molecule has 0 spiro atoms. The van der Waals surface area contributed by atoms with Crippen molar-refractivity contribution in [2.45, 2.75) is 19.6 Å². The minimum Gasteiger partial charge on any atom is -0.390 e. The minimum atomic E-state index is -0.336. The van der Waals surface area contributed by atoms with Gasteiger partial charge in [-0.2, -0.15) is 5.10 Å². The normalized spacial score (nSPS) is 19.9. The van der Waals surface area contributed by atoms with Gasteiger partial charge < -0.3 is 10.4 Å². The molecule has 1 aliphatic rings. The number of rotatable bonds is 4. The van der Waals surface area contributed by atoms with E-state index in [4.69, 9.17) is 0 Å². The first-order valence-electron chi connectivity index (χ1n) is 5.85. The van der Waals surface area contributed by atoms with Gasteiger partial charge in [-0.1, -0.05) is 0 Å². The van der Waals surface area contributed by atoms with Crippen LogP contribution in [0.25, 0.3) is 0 Å². The summed E-state index contributed by atoms with van der Waals surface area (Å²) in [5.74, 6) is 0. The fourth-order valence-electron chi connectivity index (χ4n) is 2.03. The van der Waals surface area contributed by atoms with Crippen LogP contribution in [-0.2, 0) is 6.54 Å². The number of piperazine rings is 1. The van der Waals surface area contributed by atoms with E-state index in [0.717, 1.165) is 38.4 Å². The highest BCUT2D eigenvalue weighted by Crippen LogP contribution is 1.99. The van der Waals surface area contributed by atoms with Gasteiger partial charge in [0.25, 0.3) is 0 Å². The van der Waals surface area contributed by atoms with E-state index in [2.05, 4.69) is 15.3 Å². The van der Waals surface area contributed by atoms with E-state index in [1.165, 1.54) is 0 Å². The molecule has 0 aliphatic carbocycles. The third-order valence-corrected chi connectivity index (χ3v) is 2.85. The van der Waals surface area contributed by atoms with E-state index in [9.17, 15) is 5.11 Å². The number of aromatic nitrogens is 2. The van der Waals surface area contributed by atoms with Crippen LogP contribution in [0.4, 0.5) is 0 Å². The second-order valence-electron chi connectivity index (χ2n) is 4.38. The van der Waals surface area contributed by atoms with Gasteiger partial charge in [-0.25, -0.2) is 0 Å². The molecule has 1 atom stereocenters. The SMILES string of the molecule is Cc1ccn(CC(O)CN2CCNCC2)n1. The second-order valence-corrected chi connectivity index (χ2v) is 4.38. The summed E-state index contributed by atoms with van der Waals surface area (Å²) in [4.78, 5) is 2.29.